The molecule has 0 fully saturated rings. The minimum absolute atomic E-state index is 0.246. The summed E-state index contributed by atoms with van der Waals surface area (Å²) in [5.41, 5.74) is 0.539. The average Bonchev–Trinajstić information content (AvgIpc) is 2.25. The second kappa shape index (κ2) is 6.84. The summed E-state index contributed by atoms with van der Waals surface area (Å²) in [6.07, 6.45) is 0. The summed E-state index contributed by atoms with van der Waals surface area (Å²) in [6, 6.07) is 8.70. The van der Waals surface area contributed by atoms with Crippen LogP contribution in [-0.2, 0) is 0 Å². The van der Waals surface area contributed by atoms with E-state index in [0.717, 1.165) is 0 Å². The van der Waals surface area contributed by atoms with E-state index in [4.69, 9.17) is 0 Å². The topological polar surface area (TPSA) is 35.5 Å². The van der Waals surface area contributed by atoms with Crippen LogP contribution >= 0.6 is 22.6 Å². The van der Waals surface area contributed by atoms with E-state index >= 15 is 0 Å². The molecule has 3 nitrogen and oxygen atoms in total. The number of aliphatic hydroxyl groups is 1. The molecule has 1 rings (SSSR count). The summed E-state index contributed by atoms with van der Waals surface area (Å²) < 4.78 is 1.24. The number of hydrogen-bond acceptors (Lipinski definition) is 3. The van der Waals surface area contributed by atoms with Crippen molar-refractivity contribution in [2.75, 3.05) is 27.2 Å². The molecule has 102 valence electrons. The van der Waals surface area contributed by atoms with Crippen LogP contribution in [0.2, 0.25) is 0 Å². The monoisotopic (exact) mass is 362 g/mol. The van der Waals surface area contributed by atoms with Crippen LogP contribution in [-0.4, -0.2) is 42.8 Å². The molecule has 1 aromatic carbocycles. The largest absolute Gasteiger partial charge is 0.388 e. The van der Waals surface area contributed by atoms with Crippen LogP contribution in [0.15, 0.2) is 24.3 Å². The Labute approximate surface area is 124 Å². The summed E-state index contributed by atoms with van der Waals surface area (Å²) >= 11 is 2.30. The molecule has 0 saturated carbocycles. The van der Waals surface area contributed by atoms with Crippen LogP contribution in [0.5, 0.6) is 0 Å². The van der Waals surface area contributed by atoms with E-state index < -0.39 is 5.60 Å². The Morgan fingerprint density at radius 3 is 2.39 bits per heavy atom. The number of nitrogens with one attached hydrogen (secondary N) is 1. The highest BCUT2D eigenvalue weighted by Crippen LogP contribution is 2.15. The van der Waals surface area contributed by atoms with Crippen molar-refractivity contribution in [3.05, 3.63) is 33.4 Å². The van der Waals surface area contributed by atoms with Gasteiger partial charge in [0.15, 0.2) is 0 Å². The van der Waals surface area contributed by atoms with Gasteiger partial charge in [0, 0.05) is 22.7 Å². The van der Waals surface area contributed by atoms with E-state index in [1.54, 1.807) is 0 Å². The summed E-state index contributed by atoms with van der Waals surface area (Å²) in [5.74, 6) is 0. The third kappa shape index (κ3) is 5.65. The first kappa shape index (κ1) is 15.9. The van der Waals surface area contributed by atoms with Crippen molar-refractivity contribution in [2.45, 2.75) is 25.5 Å². The second-order valence-corrected chi connectivity index (χ2v) is 6.63. The van der Waals surface area contributed by atoms with Gasteiger partial charge in [-0.1, -0.05) is 12.1 Å². The number of rotatable bonds is 6. The zero-order valence-corrected chi connectivity index (χ0v) is 13.7. The van der Waals surface area contributed by atoms with Crippen molar-refractivity contribution in [3.8, 4) is 0 Å². The standard InChI is InChI=1S/C14H23IN2O/c1-11(12-5-7-13(15)8-6-12)16-9-14(2,18)10-17(3)4/h5-8,11,16,18H,9-10H2,1-4H3. The molecule has 0 aromatic heterocycles. The van der Waals surface area contributed by atoms with Gasteiger partial charge in [-0.15, -0.1) is 0 Å². The fourth-order valence-corrected chi connectivity index (χ4v) is 2.34. The van der Waals surface area contributed by atoms with Crippen LogP contribution in [0.3, 0.4) is 0 Å². The van der Waals surface area contributed by atoms with Gasteiger partial charge < -0.3 is 15.3 Å². The van der Waals surface area contributed by atoms with Crippen molar-refractivity contribution < 1.29 is 5.11 Å². The molecule has 0 amide bonds. The van der Waals surface area contributed by atoms with Crippen LogP contribution in [0.1, 0.15) is 25.5 Å². The lowest BCUT2D eigenvalue weighted by atomic mass is 10.0. The van der Waals surface area contributed by atoms with Gasteiger partial charge >= 0.3 is 0 Å². The lowest BCUT2D eigenvalue weighted by Crippen LogP contribution is -2.46. The van der Waals surface area contributed by atoms with Gasteiger partial charge in [-0.2, -0.15) is 0 Å². The molecule has 0 radical (unpaired) electrons. The number of nitrogens with zero attached hydrogens (tertiary/aromatic N) is 1. The molecule has 2 N–H and O–H groups in total. The lowest BCUT2D eigenvalue weighted by molar-refractivity contribution is 0.0317. The van der Waals surface area contributed by atoms with E-state index in [9.17, 15) is 5.11 Å². The summed E-state index contributed by atoms with van der Waals surface area (Å²) in [7, 11) is 3.94. The molecule has 2 atom stereocenters. The molecule has 0 aliphatic heterocycles. The van der Waals surface area contributed by atoms with E-state index in [-0.39, 0.29) is 6.04 Å². The van der Waals surface area contributed by atoms with Gasteiger partial charge in [0.25, 0.3) is 0 Å². The summed E-state index contributed by atoms with van der Waals surface area (Å²) in [4.78, 5) is 2.00. The van der Waals surface area contributed by atoms with Crippen molar-refractivity contribution in [1.82, 2.24) is 10.2 Å². The molecule has 0 aliphatic rings. The van der Waals surface area contributed by atoms with E-state index in [0.29, 0.717) is 13.1 Å². The van der Waals surface area contributed by atoms with Crippen molar-refractivity contribution in [2.24, 2.45) is 0 Å². The van der Waals surface area contributed by atoms with Crippen LogP contribution in [0, 0.1) is 3.57 Å². The van der Waals surface area contributed by atoms with Gasteiger partial charge in [-0.25, -0.2) is 0 Å². The van der Waals surface area contributed by atoms with Gasteiger partial charge in [0.05, 0.1) is 5.60 Å². The molecule has 2 unspecified atom stereocenters. The number of benzene rings is 1. The Balaban J connectivity index is 2.50. The van der Waals surface area contributed by atoms with E-state index in [1.165, 1.54) is 9.13 Å². The number of likely N-dealkylation sites (N-methyl/N-ethyl adjacent to an activating group) is 1. The molecule has 1 aromatic rings. The zero-order valence-electron chi connectivity index (χ0n) is 11.6. The van der Waals surface area contributed by atoms with Gasteiger partial charge in [0.2, 0.25) is 0 Å². The molecule has 0 saturated heterocycles. The van der Waals surface area contributed by atoms with Crippen molar-refractivity contribution >= 4 is 22.6 Å². The SMILES string of the molecule is CC(NCC(C)(O)CN(C)C)c1ccc(I)cc1. The third-order valence-corrected chi connectivity index (χ3v) is 3.54. The molecule has 0 aliphatic carbocycles. The fourth-order valence-electron chi connectivity index (χ4n) is 1.98. The van der Waals surface area contributed by atoms with Gasteiger partial charge in [0.1, 0.15) is 0 Å². The highest BCUT2D eigenvalue weighted by atomic mass is 127. The maximum Gasteiger partial charge on any atom is 0.0869 e. The third-order valence-electron chi connectivity index (χ3n) is 2.82. The maximum atomic E-state index is 10.2. The van der Waals surface area contributed by atoms with Gasteiger partial charge in [-0.3, -0.25) is 0 Å². The maximum absolute atomic E-state index is 10.2. The van der Waals surface area contributed by atoms with Gasteiger partial charge in [-0.05, 0) is 68.2 Å². The van der Waals surface area contributed by atoms with Crippen LogP contribution in [0.4, 0.5) is 0 Å². The molecular formula is C14H23IN2O. The predicted molar refractivity (Wildman–Crippen MR) is 84.8 cm³/mol. The molecular weight excluding hydrogens is 339 g/mol. The Kier molecular flexibility index (Phi) is 6.04. The smallest absolute Gasteiger partial charge is 0.0869 e. The van der Waals surface area contributed by atoms with Crippen LogP contribution < -0.4 is 5.32 Å². The minimum Gasteiger partial charge on any atom is -0.388 e. The lowest BCUT2D eigenvalue weighted by Gasteiger charge is -2.29. The quantitative estimate of drug-likeness (QED) is 0.762. The number of hydrogen-bond donors (Lipinski definition) is 2. The molecule has 0 heterocycles. The molecule has 0 bridgehead atoms. The first-order valence-corrected chi connectivity index (χ1v) is 7.24. The van der Waals surface area contributed by atoms with Crippen molar-refractivity contribution in [1.29, 1.82) is 0 Å². The average molecular weight is 362 g/mol. The summed E-state index contributed by atoms with van der Waals surface area (Å²) in [6.45, 7) is 5.21. The molecule has 4 heteroatoms. The fraction of sp³-hybridized carbons (Fsp3) is 0.571. The predicted octanol–water partition coefficient (Wildman–Crippen LogP) is 2.25. The first-order chi connectivity index (χ1) is 8.30. The Hall–Kier alpha value is -0.170. The van der Waals surface area contributed by atoms with Crippen LogP contribution in [0.25, 0.3) is 0 Å². The van der Waals surface area contributed by atoms with Crippen molar-refractivity contribution in [3.63, 3.8) is 0 Å². The van der Waals surface area contributed by atoms with E-state index in [1.807, 2.05) is 25.9 Å². The number of halogens is 1. The Morgan fingerprint density at radius 1 is 1.33 bits per heavy atom. The Morgan fingerprint density at radius 2 is 1.89 bits per heavy atom. The first-order valence-electron chi connectivity index (χ1n) is 6.16. The second-order valence-electron chi connectivity index (χ2n) is 5.39. The normalized spacial score (nSPS) is 16.6. The minimum atomic E-state index is -0.707. The highest BCUT2D eigenvalue weighted by Gasteiger charge is 2.21. The highest BCUT2D eigenvalue weighted by molar-refractivity contribution is 14.1. The molecule has 18 heavy (non-hydrogen) atoms. The zero-order chi connectivity index (χ0) is 13.8. The van der Waals surface area contributed by atoms with E-state index in [2.05, 4.69) is 59.1 Å². The summed E-state index contributed by atoms with van der Waals surface area (Å²) in [5, 5.41) is 13.6. The molecule has 0 spiro atoms. The Bertz CT molecular complexity index is 363.